The van der Waals surface area contributed by atoms with Crippen molar-refractivity contribution in [1.29, 1.82) is 0 Å². The van der Waals surface area contributed by atoms with E-state index < -0.39 is 0 Å². The van der Waals surface area contributed by atoms with Crippen molar-refractivity contribution in [3.63, 3.8) is 0 Å². The Bertz CT molecular complexity index is 246. The second kappa shape index (κ2) is 3.48. The van der Waals surface area contributed by atoms with Gasteiger partial charge in [-0.2, -0.15) is 0 Å². The zero-order chi connectivity index (χ0) is 11.3. The van der Waals surface area contributed by atoms with E-state index in [0.29, 0.717) is 23.2 Å². The largest absolute Gasteiger partial charge is 0.389 e. The molecule has 2 aliphatic rings. The van der Waals surface area contributed by atoms with Gasteiger partial charge in [-0.15, -0.1) is 0 Å². The van der Waals surface area contributed by atoms with Gasteiger partial charge in [-0.05, 0) is 48.9 Å². The molecule has 1 nitrogen and oxygen atoms in total. The molecule has 15 heavy (non-hydrogen) atoms. The third kappa shape index (κ3) is 1.73. The third-order valence-electron chi connectivity index (χ3n) is 5.25. The normalized spacial score (nSPS) is 49.8. The van der Waals surface area contributed by atoms with Gasteiger partial charge in [0.05, 0.1) is 5.60 Å². The van der Waals surface area contributed by atoms with Crippen LogP contribution in [0.25, 0.3) is 0 Å². The summed E-state index contributed by atoms with van der Waals surface area (Å²) in [6.07, 6.45) is 6.06. The molecule has 2 fully saturated rings. The van der Waals surface area contributed by atoms with Gasteiger partial charge in [0, 0.05) is 0 Å². The van der Waals surface area contributed by atoms with E-state index in [9.17, 15) is 5.11 Å². The van der Waals surface area contributed by atoms with E-state index in [1.54, 1.807) is 0 Å². The molecular weight excluding hydrogens is 184 g/mol. The SMILES string of the molecule is C[C@@H]1CC[C@H]2C(C)(C)CC[C@H](C)[C@]2(O)C1. The van der Waals surface area contributed by atoms with E-state index in [1.807, 2.05) is 0 Å². The van der Waals surface area contributed by atoms with Crippen LogP contribution in [0, 0.1) is 23.2 Å². The summed E-state index contributed by atoms with van der Waals surface area (Å²) >= 11 is 0. The first-order valence-electron chi connectivity index (χ1n) is 6.58. The molecule has 0 spiro atoms. The maximum absolute atomic E-state index is 11.0. The van der Waals surface area contributed by atoms with Crippen molar-refractivity contribution in [2.45, 2.75) is 65.4 Å². The van der Waals surface area contributed by atoms with Crippen LogP contribution in [0.2, 0.25) is 0 Å². The van der Waals surface area contributed by atoms with E-state index in [2.05, 4.69) is 27.7 Å². The van der Waals surface area contributed by atoms with E-state index in [4.69, 9.17) is 0 Å². The van der Waals surface area contributed by atoms with Crippen LogP contribution in [0.15, 0.2) is 0 Å². The molecule has 0 aromatic heterocycles. The minimum absolute atomic E-state index is 0.349. The Hall–Kier alpha value is -0.0400. The number of hydrogen-bond acceptors (Lipinski definition) is 1. The molecule has 0 unspecified atom stereocenters. The summed E-state index contributed by atoms with van der Waals surface area (Å²) in [5.41, 5.74) is -0.0131. The van der Waals surface area contributed by atoms with Crippen molar-refractivity contribution in [3.05, 3.63) is 0 Å². The highest BCUT2D eigenvalue weighted by Gasteiger charge is 2.53. The number of fused-ring (bicyclic) bond motifs is 1. The Balaban J connectivity index is 2.28. The summed E-state index contributed by atoms with van der Waals surface area (Å²) in [5, 5.41) is 11.0. The molecule has 0 aromatic carbocycles. The average Bonchev–Trinajstić information content (AvgIpc) is 2.11. The predicted molar refractivity (Wildman–Crippen MR) is 63.6 cm³/mol. The van der Waals surface area contributed by atoms with E-state index in [1.165, 1.54) is 25.7 Å². The molecule has 1 heteroatoms. The van der Waals surface area contributed by atoms with Crippen LogP contribution in [0.1, 0.15) is 59.8 Å². The molecule has 2 saturated carbocycles. The first kappa shape index (κ1) is 11.4. The zero-order valence-corrected chi connectivity index (χ0v) is 10.7. The van der Waals surface area contributed by atoms with Gasteiger partial charge in [-0.25, -0.2) is 0 Å². The topological polar surface area (TPSA) is 20.2 Å². The van der Waals surface area contributed by atoms with Crippen LogP contribution in [-0.2, 0) is 0 Å². The molecular formula is C14H26O. The van der Waals surface area contributed by atoms with Gasteiger partial charge in [0.25, 0.3) is 0 Å². The molecule has 1 N–H and O–H groups in total. The molecule has 0 saturated heterocycles. The fourth-order valence-corrected chi connectivity index (χ4v) is 4.13. The van der Waals surface area contributed by atoms with Gasteiger partial charge in [-0.3, -0.25) is 0 Å². The average molecular weight is 210 g/mol. The van der Waals surface area contributed by atoms with E-state index in [0.717, 1.165) is 6.42 Å². The van der Waals surface area contributed by atoms with Gasteiger partial charge in [0.1, 0.15) is 0 Å². The number of aliphatic hydroxyl groups is 1. The summed E-state index contributed by atoms with van der Waals surface area (Å²) in [6.45, 7) is 9.25. The van der Waals surface area contributed by atoms with Gasteiger partial charge >= 0.3 is 0 Å². The van der Waals surface area contributed by atoms with Crippen LogP contribution >= 0.6 is 0 Å². The van der Waals surface area contributed by atoms with Gasteiger partial charge < -0.3 is 5.11 Å². The van der Waals surface area contributed by atoms with Crippen LogP contribution in [-0.4, -0.2) is 10.7 Å². The van der Waals surface area contributed by atoms with Crippen LogP contribution < -0.4 is 0 Å². The minimum Gasteiger partial charge on any atom is -0.389 e. The summed E-state index contributed by atoms with van der Waals surface area (Å²) < 4.78 is 0. The summed E-state index contributed by atoms with van der Waals surface area (Å²) in [7, 11) is 0. The van der Waals surface area contributed by atoms with Crippen LogP contribution in [0.5, 0.6) is 0 Å². The first-order valence-corrected chi connectivity index (χ1v) is 6.58. The van der Waals surface area contributed by atoms with Crippen molar-refractivity contribution in [1.82, 2.24) is 0 Å². The van der Waals surface area contributed by atoms with Gasteiger partial charge in [0.15, 0.2) is 0 Å². The fraction of sp³-hybridized carbons (Fsp3) is 1.00. The number of rotatable bonds is 0. The maximum Gasteiger partial charge on any atom is 0.0708 e. The highest BCUT2D eigenvalue weighted by Crippen LogP contribution is 2.55. The molecule has 2 rings (SSSR count). The second-order valence-corrected chi connectivity index (χ2v) is 6.86. The lowest BCUT2D eigenvalue weighted by molar-refractivity contribution is -0.167. The van der Waals surface area contributed by atoms with Crippen molar-refractivity contribution in [2.75, 3.05) is 0 Å². The van der Waals surface area contributed by atoms with Crippen molar-refractivity contribution < 1.29 is 5.11 Å². The van der Waals surface area contributed by atoms with Crippen molar-refractivity contribution >= 4 is 0 Å². The van der Waals surface area contributed by atoms with Crippen LogP contribution in [0.3, 0.4) is 0 Å². The minimum atomic E-state index is -0.362. The lowest BCUT2D eigenvalue weighted by Gasteiger charge is -2.56. The maximum atomic E-state index is 11.0. The zero-order valence-electron chi connectivity index (χ0n) is 10.7. The Morgan fingerprint density at radius 3 is 2.40 bits per heavy atom. The molecule has 4 atom stereocenters. The predicted octanol–water partition coefficient (Wildman–Crippen LogP) is 3.61. The Labute approximate surface area is 94.3 Å². The summed E-state index contributed by atoms with van der Waals surface area (Å²) in [5.74, 6) is 1.74. The third-order valence-corrected chi connectivity index (χ3v) is 5.25. The molecule has 88 valence electrons. The quantitative estimate of drug-likeness (QED) is 0.647. The standard InChI is InChI=1S/C14H26O/c1-10-5-6-12-13(3,4)8-7-11(2)14(12,15)9-10/h10-12,15H,5-9H2,1-4H3/t10-,11+,12+,14-/m1/s1. The Morgan fingerprint density at radius 2 is 1.73 bits per heavy atom. The lowest BCUT2D eigenvalue weighted by atomic mass is 9.52. The van der Waals surface area contributed by atoms with Gasteiger partial charge in [0.2, 0.25) is 0 Å². The summed E-state index contributed by atoms with van der Waals surface area (Å²) in [6, 6.07) is 0. The van der Waals surface area contributed by atoms with Crippen LogP contribution in [0.4, 0.5) is 0 Å². The monoisotopic (exact) mass is 210 g/mol. The summed E-state index contributed by atoms with van der Waals surface area (Å²) in [4.78, 5) is 0. The van der Waals surface area contributed by atoms with Crippen molar-refractivity contribution in [2.24, 2.45) is 23.2 Å². The Kier molecular flexibility index (Phi) is 2.65. The van der Waals surface area contributed by atoms with E-state index >= 15 is 0 Å². The molecule has 2 aliphatic carbocycles. The molecule has 0 bridgehead atoms. The van der Waals surface area contributed by atoms with E-state index in [-0.39, 0.29) is 5.60 Å². The molecule has 0 radical (unpaired) electrons. The smallest absolute Gasteiger partial charge is 0.0708 e. The second-order valence-electron chi connectivity index (χ2n) is 6.86. The molecule has 0 aliphatic heterocycles. The van der Waals surface area contributed by atoms with Crippen molar-refractivity contribution in [3.8, 4) is 0 Å². The fourth-order valence-electron chi connectivity index (χ4n) is 4.13. The highest BCUT2D eigenvalue weighted by molar-refractivity contribution is 5.04. The lowest BCUT2D eigenvalue weighted by Crippen LogP contribution is -2.56. The Morgan fingerprint density at radius 1 is 1.07 bits per heavy atom. The molecule has 0 aromatic rings. The van der Waals surface area contributed by atoms with Gasteiger partial charge in [-0.1, -0.05) is 34.1 Å². The molecule has 0 heterocycles. The number of hydrogen-bond donors (Lipinski definition) is 1. The molecule has 0 amide bonds. The first-order chi connectivity index (χ1) is 6.86. The highest BCUT2D eigenvalue weighted by atomic mass is 16.3.